The number of carbonyl (C=O) groups is 4. The molecule has 0 aliphatic heterocycles. The number of allylic oxidation sites excluding steroid dienone is 18. The highest BCUT2D eigenvalue weighted by molar-refractivity contribution is 7.47. The molecule has 17 nitrogen and oxygen atoms in total. The normalized spacial score (nSPS) is 14.6. The van der Waals surface area contributed by atoms with Crippen LogP contribution in [-0.2, 0) is 65.4 Å². The minimum Gasteiger partial charge on any atom is -0.462 e. The fourth-order valence-electron chi connectivity index (χ4n) is 9.50. The molecule has 0 saturated heterocycles. The number of phosphoric acid groups is 2. The Morgan fingerprint density at radius 1 is 0.302 bits per heavy atom. The molecule has 552 valence electrons. The molecule has 0 fully saturated rings. The lowest BCUT2D eigenvalue weighted by molar-refractivity contribution is -0.161. The van der Waals surface area contributed by atoms with Crippen LogP contribution in [0.3, 0.4) is 0 Å². The molecule has 0 aromatic carbocycles. The number of hydrogen-bond acceptors (Lipinski definition) is 15. The van der Waals surface area contributed by atoms with Gasteiger partial charge in [-0.25, -0.2) is 9.13 Å². The maximum atomic E-state index is 13.1. The number of rotatable bonds is 69. The Morgan fingerprint density at radius 3 is 0.927 bits per heavy atom. The third-order valence-electron chi connectivity index (χ3n) is 15.2. The van der Waals surface area contributed by atoms with E-state index < -0.39 is 97.5 Å². The zero-order valence-corrected chi connectivity index (χ0v) is 61.8. The third-order valence-corrected chi connectivity index (χ3v) is 17.1. The first kappa shape index (κ1) is 91.7. The molecular weight excluding hydrogens is 1260 g/mol. The van der Waals surface area contributed by atoms with E-state index in [1.807, 2.05) is 18.2 Å². The zero-order valence-electron chi connectivity index (χ0n) is 60.0. The number of esters is 4. The summed E-state index contributed by atoms with van der Waals surface area (Å²) in [6.07, 6.45) is 72.6. The second-order valence-corrected chi connectivity index (χ2v) is 27.4. The summed E-state index contributed by atoms with van der Waals surface area (Å²) in [5.41, 5.74) is 0. The summed E-state index contributed by atoms with van der Waals surface area (Å²) in [5, 5.41) is 10.6. The minimum absolute atomic E-state index is 0.0336. The summed E-state index contributed by atoms with van der Waals surface area (Å²) in [6, 6.07) is 0. The van der Waals surface area contributed by atoms with Gasteiger partial charge in [-0.3, -0.25) is 37.3 Å². The van der Waals surface area contributed by atoms with E-state index in [1.165, 1.54) is 64.2 Å². The van der Waals surface area contributed by atoms with Gasteiger partial charge in [0.2, 0.25) is 0 Å². The van der Waals surface area contributed by atoms with Gasteiger partial charge in [0.1, 0.15) is 19.3 Å². The third kappa shape index (κ3) is 68.3. The molecule has 0 heterocycles. The van der Waals surface area contributed by atoms with Crippen LogP contribution in [0.1, 0.15) is 297 Å². The van der Waals surface area contributed by atoms with E-state index in [1.54, 1.807) is 0 Å². The maximum absolute atomic E-state index is 13.1. The molecule has 0 aromatic rings. The fraction of sp³-hybridized carbons (Fsp3) is 0.714. The van der Waals surface area contributed by atoms with Crippen LogP contribution in [-0.4, -0.2) is 96.7 Å². The highest BCUT2D eigenvalue weighted by atomic mass is 31.2. The summed E-state index contributed by atoms with van der Waals surface area (Å²) in [5.74, 6) is -2.30. The Bertz CT molecular complexity index is 2250. The SMILES string of the molecule is CC/C=C\C/C=C\C/C=C\C/C=C\C/C=C\C/C=C\CCC(=O)OCC(COP(=O)(O)OCC(O)COP(=O)(O)OCC(COC(=O)CCCCCCC/C=C\CCCC)OC(=O)CCCCCCC/C=C\CCCC)OC(=O)CCCCCCC/C=C\CCCCCCCC. The summed E-state index contributed by atoms with van der Waals surface area (Å²) in [7, 11) is -9.96. The van der Waals surface area contributed by atoms with Gasteiger partial charge in [0.05, 0.1) is 26.4 Å². The molecule has 0 spiro atoms. The first-order valence-electron chi connectivity index (χ1n) is 37.1. The Kier molecular flexibility index (Phi) is 66.1. The first-order chi connectivity index (χ1) is 46.7. The molecule has 5 atom stereocenters. The summed E-state index contributed by atoms with van der Waals surface area (Å²) in [4.78, 5) is 72.6. The van der Waals surface area contributed by atoms with Crippen molar-refractivity contribution in [2.75, 3.05) is 39.6 Å². The molecule has 96 heavy (non-hydrogen) atoms. The molecule has 3 N–H and O–H groups in total. The molecule has 0 saturated carbocycles. The van der Waals surface area contributed by atoms with Crippen molar-refractivity contribution in [1.29, 1.82) is 0 Å². The lowest BCUT2D eigenvalue weighted by Gasteiger charge is -2.21. The first-order valence-corrected chi connectivity index (χ1v) is 40.1. The van der Waals surface area contributed by atoms with Crippen LogP contribution in [0.4, 0.5) is 0 Å². The fourth-order valence-corrected chi connectivity index (χ4v) is 11.1. The Hall–Kier alpha value is -4.28. The molecule has 5 unspecified atom stereocenters. The predicted molar refractivity (Wildman–Crippen MR) is 390 cm³/mol. The number of ether oxygens (including phenoxy) is 4. The minimum atomic E-state index is -4.99. The van der Waals surface area contributed by atoms with Crippen molar-refractivity contribution in [1.82, 2.24) is 0 Å². The van der Waals surface area contributed by atoms with Gasteiger partial charge in [-0.1, -0.05) is 253 Å². The topological polar surface area (TPSA) is 237 Å². The average Bonchev–Trinajstić information content (AvgIpc) is 1.41. The summed E-state index contributed by atoms with van der Waals surface area (Å²) >= 11 is 0. The van der Waals surface area contributed by atoms with Gasteiger partial charge >= 0.3 is 39.5 Å². The van der Waals surface area contributed by atoms with E-state index >= 15 is 0 Å². The van der Waals surface area contributed by atoms with Crippen LogP contribution in [0.15, 0.2) is 109 Å². The van der Waals surface area contributed by atoms with Crippen LogP contribution in [0.2, 0.25) is 0 Å². The monoisotopic (exact) mass is 1390 g/mol. The number of aliphatic hydroxyl groups excluding tert-OH is 1. The number of aliphatic hydroxyl groups is 1. The van der Waals surface area contributed by atoms with Gasteiger partial charge < -0.3 is 33.8 Å². The molecule has 0 bridgehead atoms. The predicted octanol–water partition coefficient (Wildman–Crippen LogP) is 21.0. The van der Waals surface area contributed by atoms with Gasteiger partial charge in [0.25, 0.3) is 0 Å². The molecule has 0 amide bonds. The van der Waals surface area contributed by atoms with Crippen LogP contribution in [0.25, 0.3) is 0 Å². The van der Waals surface area contributed by atoms with E-state index in [0.29, 0.717) is 32.1 Å². The Labute approximate surface area is 581 Å². The van der Waals surface area contributed by atoms with Crippen molar-refractivity contribution in [2.24, 2.45) is 0 Å². The van der Waals surface area contributed by atoms with Crippen molar-refractivity contribution in [3.63, 3.8) is 0 Å². The van der Waals surface area contributed by atoms with E-state index in [0.717, 1.165) is 148 Å². The number of hydrogen-bond donors (Lipinski definition) is 3. The Morgan fingerprint density at radius 2 is 0.573 bits per heavy atom. The second kappa shape index (κ2) is 69.2. The van der Waals surface area contributed by atoms with Crippen molar-refractivity contribution in [3.8, 4) is 0 Å². The van der Waals surface area contributed by atoms with Crippen molar-refractivity contribution in [3.05, 3.63) is 109 Å². The molecule has 0 aliphatic rings. The van der Waals surface area contributed by atoms with Gasteiger partial charge in [-0.05, 0) is 128 Å². The summed E-state index contributed by atoms with van der Waals surface area (Å²) < 4.78 is 68.2. The standard InChI is InChI=1S/C77H132O17P2/c1-5-9-13-17-21-25-29-31-33-34-35-36-38-39-43-46-50-54-58-62-75(80)88-68-73(94-77(82)64-60-56-52-48-44-40-37-32-30-26-22-18-14-10-6-2)70-92-96(85,86)90-66-71(78)65-89-95(83,84)91-69-72(93-76(81)63-59-55-51-47-42-28-24-20-16-12-8-4)67-87-74(79)61-57-53-49-45-41-27-23-19-15-11-7-3/h9,13,19-21,23-25,31-33,35-37,39,43,50,54,71-73,78H,5-8,10-12,14-18,22,26-30,34,38,40-42,44-49,51-53,55-70H2,1-4H3,(H,83,84)(H,85,86)/b13-9-,23-19-,24-20-,25-21-,33-31-,36-35-,37-32-,43-39-,54-50-. The lowest BCUT2D eigenvalue weighted by Crippen LogP contribution is -2.30. The van der Waals surface area contributed by atoms with Crippen molar-refractivity contribution in [2.45, 2.75) is 316 Å². The average molecular weight is 1390 g/mol. The highest BCUT2D eigenvalue weighted by Crippen LogP contribution is 2.45. The lowest BCUT2D eigenvalue weighted by atomic mass is 10.1. The summed E-state index contributed by atoms with van der Waals surface area (Å²) in [6.45, 7) is 4.55. The van der Waals surface area contributed by atoms with Crippen molar-refractivity contribution < 1.29 is 80.2 Å². The van der Waals surface area contributed by atoms with E-state index in [2.05, 4.69) is 119 Å². The largest absolute Gasteiger partial charge is 0.472 e. The molecular formula is C77H132O17P2. The number of carbonyl (C=O) groups excluding carboxylic acids is 4. The number of phosphoric ester groups is 2. The van der Waals surface area contributed by atoms with Crippen LogP contribution in [0, 0.1) is 0 Å². The van der Waals surface area contributed by atoms with E-state index in [4.69, 9.17) is 37.0 Å². The number of unbranched alkanes of at least 4 members (excludes halogenated alkanes) is 25. The van der Waals surface area contributed by atoms with Crippen LogP contribution in [0.5, 0.6) is 0 Å². The van der Waals surface area contributed by atoms with Crippen LogP contribution >= 0.6 is 15.6 Å². The highest BCUT2D eigenvalue weighted by Gasteiger charge is 2.30. The molecule has 0 radical (unpaired) electrons. The van der Waals surface area contributed by atoms with Gasteiger partial charge in [0.15, 0.2) is 12.2 Å². The second-order valence-electron chi connectivity index (χ2n) is 24.5. The Balaban J connectivity index is 5.39. The molecule has 0 aromatic heterocycles. The molecule has 19 heteroatoms. The quantitative estimate of drug-likeness (QED) is 0.0169. The smallest absolute Gasteiger partial charge is 0.462 e. The van der Waals surface area contributed by atoms with E-state index in [-0.39, 0.29) is 25.7 Å². The van der Waals surface area contributed by atoms with Gasteiger partial charge in [-0.2, -0.15) is 0 Å². The van der Waals surface area contributed by atoms with E-state index in [9.17, 15) is 43.2 Å². The zero-order chi connectivity index (χ0) is 70.4. The van der Waals surface area contributed by atoms with Crippen molar-refractivity contribution >= 4 is 39.5 Å². The van der Waals surface area contributed by atoms with Crippen LogP contribution < -0.4 is 0 Å². The molecule has 0 aliphatic carbocycles. The van der Waals surface area contributed by atoms with Gasteiger partial charge in [-0.15, -0.1) is 0 Å². The maximum Gasteiger partial charge on any atom is 0.472 e. The van der Waals surface area contributed by atoms with Gasteiger partial charge in [0, 0.05) is 25.7 Å². The molecule has 0 rings (SSSR count).